The van der Waals surface area contributed by atoms with Crippen LogP contribution in [-0.4, -0.2) is 28.2 Å². The lowest BCUT2D eigenvalue weighted by Crippen LogP contribution is -2.43. The molecule has 2 aromatic carbocycles. The average molecular weight is 466 g/mol. The molecule has 0 fully saturated rings. The van der Waals surface area contributed by atoms with Gasteiger partial charge in [-0.15, -0.1) is 0 Å². The standard InChI is InChI=1S/C26H25ClFN3O2/c1-3-24(32)31(17-20-7-4-8-21(27)14-20)25(23-16-29-12-10-18(23)2)26(33)30-13-11-19-6-5-9-22(28)15-19/h3-10,12,14-16,25H,1,11,13,17H2,2H3,(H,30,33). The maximum absolute atomic E-state index is 13.5. The van der Waals surface area contributed by atoms with Gasteiger partial charge >= 0.3 is 0 Å². The molecule has 1 unspecified atom stereocenters. The number of amides is 2. The molecule has 1 atom stereocenters. The Balaban J connectivity index is 1.89. The van der Waals surface area contributed by atoms with Crippen LogP contribution in [0.3, 0.4) is 0 Å². The zero-order chi connectivity index (χ0) is 23.8. The summed E-state index contributed by atoms with van der Waals surface area (Å²) in [7, 11) is 0. The van der Waals surface area contributed by atoms with E-state index in [4.69, 9.17) is 11.6 Å². The third-order valence-electron chi connectivity index (χ3n) is 5.24. The number of halogens is 2. The first kappa shape index (κ1) is 24.1. The molecule has 0 saturated carbocycles. The monoisotopic (exact) mass is 465 g/mol. The number of carbonyl (C=O) groups is 2. The molecule has 0 spiro atoms. The highest BCUT2D eigenvalue weighted by molar-refractivity contribution is 6.30. The molecular weight excluding hydrogens is 441 g/mol. The van der Waals surface area contributed by atoms with Crippen LogP contribution in [0, 0.1) is 12.7 Å². The number of benzene rings is 2. The molecule has 3 aromatic rings. The van der Waals surface area contributed by atoms with Crippen LogP contribution in [0.25, 0.3) is 0 Å². The van der Waals surface area contributed by atoms with E-state index in [-0.39, 0.29) is 24.8 Å². The van der Waals surface area contributed by atoms with Crippen molar-refractivity contribution >= 4 is 23.4 Å². The number of nitrogens with one attached hydrogen (secondary N) is 1. The average Bonchev–Trinajstić information content (AvgIpc) is 2.79. The fourth-order valence-corrected chi connectivity index (χ4v) is 3.79. The molecule has 0 saturated heterocycles. The summed E-state index contributed by atoms with van der Waals surface area (Å²) in [6.45, 7) is 5.91. The number of aryl methyl sites for hydroxylation is 1. The number of nitrogens with zero attached hydrogens (tertiary/aromatic N) is 2. The van der Waals surface area contributed by atoms with E-state index in [1.807, 2.05) is 13.0 Å². The first-order chi connectivity index (χ1) is 15.9. The van der Waals surface area contributed by atoms with Gasteiger partial charge in [-0.05, 0) is 66.4 Å². The van der Waals surface area contributed by atoms with Crippen LogP contribution in [0.4, 0.5) is 4.39 Å². The second-order valence-corrected chi connectivity index (χ2v) is 8.04. The number of aromatic nitrogens is 1. The fraction of sp³-hybridized carbons (Fsp3) is 0.192. The van der Waals surface area contributed by atoms with Gasteiger partial charge in [0.05, 0.1) is 0 Å². The maximum atomic E-state index is 13.5. The predicted octanol–water partition coefficient (Wildman–Crippen LogP) is 4.80. The van der Waals surface area contributed by atoms with Crippen molar-refractivity contribution in [2.24, 2.45) is 0 Å². The number of hydrogen-bond donors (Lipinski definition) is 1. The molecule has 170 valence electrons. The van der Waals surface area contributed by atoms with E-state index in [0.29, 0.717) is 17.0 Å². The van der Waals surface area contributed by atoms with E-state index in [0.717, 1.165) is 16.7 Å². The van der Waals surface area contributed by atoms with Gasteiger partial charge < -0.3 is 10.2 Å². The highest BCUT2D eigenvalue weighted by Gasteiger charge is 2.31. The summed E-state index contributed by atoms with van der Waals surface area (Å²) in [6, 6.07) is 14.2. The number of rotatable bonds is 9. The minimum atomic E-state index is -0.935. The van der Waals surface area contributed by atoms with Gasteiger partial charge in [-0.3, -0.25) is 14.6 Å². The zero-order valence-electron chi connectivity index (χ0n) is 18.3. The maximum Gasteiger partial charge on any atom is 0.247 e. The third-order valence-corrected chi connectivity index (χ3v) is 5.47. The van der Waals surface area contributed by atoms with Crippen LogP contribution in [0.1, 0.15) is 28.3 Å². The normalized spacial score (nSPS) is 11.5. The van der Waals surface area contributed by atoms with Crippen molar-refractivity contribution in [1.29, 1.82) is 0 Å². The van der Waals surface area contributed by atoms with Crippen molar-refractivity contribution in [2.75, 3.05) is 6.54 Å². The van der Waals surface area contributed by atoms with Crippen LogP contribution in [0.2, 0.25) is 5.02 Å². The summed E-state index contributed by atoms with van der Waals surface area (Å²) in [5.41, 5.74) is 2.97. The summed E-state index contributed by atoms with van der Waals surface area (Å²) >= 11 is 6.12. The Morgan fingerprint density at radius 2 is 1.94 bits per heavy atom. The van der Waals surface area contributed by atoms with Gasteiger partial charge in [0.15, 0.2) is 0 Å². The quantitative estimate of drug-likeness (QED) is 0.462. The van der Waals surface area contributed by atoms with Gasteiger partial charge in [0, 0.05) is 36.1 Å². The highest BCUT2D eigenvalue weighted by Crippen LogP contribution is 2.27. The molecule has 1 N–H and O–H groups in total. The summed E-state index contributed by atoms with van der Waals surface area (Å²) in [5, 5.41) is 3.42. The zero-order valence-corrected chi connectivity index (χ0v) is 19.1. The van der Waals surface area contributed by atoms with Gasteiger partial charge in [0.25, 0.3) is 0 Å². The van der Waals surface area contributed by atoms with E-state index in [9.17, 15) is 14.0 Å². The van der Waals surface area contributed by atoms with Crippen LogP contribution in [0.5, 0.6) is 0 Å². The SMILES string of the molecule is C=CC(=O)N(Cc1cccc(Cl)c1)C(C(=O)NCCc1cccc(F)c1)c1cnccc1C. The molecule has 0 radical (unpaired) electrons. The van der Waals surface area contributed by atoms with Crippen LogP contribution < -0.4 is 5.32 Å². The number of hydrogen-bond acceptors (Lipinski definition) is 3. The van der Waals surface area contributed by atoms with Gasteiger partial charge in [-0.25, -0.2) is 4.39 Å². The summed E-state index contributed by atoms with van der Waals surface area (Å²) in [6.07, 6.45) is 4.86. The van der Waals surface area contributed by atoms with Gasteiger partial charge in [0.1, 0.15) is 11.9 Å². The van der Waals surface area contributed by atoms with Crippen molar-refractivity contribution in [2.45, 2.75) is 25.9 Å². The van der Waals surface area contributed by atoms with Crippen molar-refractivity contribution in [3.63, 3.8) is 0 Å². The van der Waals surface area contributed by atoms with Crippen molar-refractivity contribution in [3.8, 4) is 0 Å². The smallest absolute Gasteiger partial charge is 0.247 e. The van der Waals surface area contributed by atoms with Gasteiger partial charge in [-0.1, -0.05) is 42.4 Å². The molecule has 0 bridgehead atoms. The van der Waals surface area contributed by atoms with Crippen molar-refractivity contribution in [1.82, 2.24) is 15.2 Å². The first-order valence-corrected chi connectivity index (χ1v) is 10.9. The number of carbonyl (C=O) groups excluding carboxylic acids is 2. The van der Waals surface area contributed by atoms with Crippen LogP contribution in [-0.2, 0) is 22.6 Å². The summed E-state index contributed by atoms with van der Waals surface area (Å²) in [4.78, 5) is 31.9. The van der Waals surface area contributed by atoms with Crippen molar-refractivity contribution in [3.05, 3.63) is 113 Å². The Hall–Kier alpha value is -3.51. The van der Waals surface area contributed by atoms with Crippen LogP contribution >= 0.6 is 11.6 Å². The first-order valence-electron chi connectivity index (χ1n) is 10.5. The van der Waals surface area contributed by atoms with E-state index >= 15 is 0 Å². The molecule has 0 aliphatic heterocycles. The molecule has 2 amide bonds. The Morgan fingerprint density at radius 1 is 1.18 bits per heavy atom. The van der Waals surface area contributed by atoms with Gasteiger partial charge in [-0.2, -0.15) is 0 Å². The minimum Gasteiger partial charge on any atom is -0.354 e. The molecule has 1 aromatic heterocycles. The lowest BCUT2D eigenvalue weighted by atomic mass is 10.00. The lowest BCUT2D eigenvalue weighted by molar-refractivity contribution is -0.138. The molecule has 5 nitrogen and oxygen atoms in total. The number of pyridine rings is 1. The molecule has 7 heteroatoms. The summed E-state index contributed by atoms with van der Waals surface area (Å²) < 4.78 is 13.5. The fourth-order valence-electron chi connectivity index (χ4n) is 3.58. The molecule has 3 rings (SSSR count). The second kappa shape index (κ2) is 11.4. The molecular formula is C26H25ClFN3O2. The Bertz CT molecular complexity index is 1150. The molecule has 33 heavy (non-hydrogen) atoms. The van der Waals surface area contributed by atoms with Crippen molar-refractivity contribution < 1.29 is 14.0 Å². The Morgan fingerprint density at radius 3 is 2.64 bits per heavy atom. The van der Waals surface area contributed by atoms with Crippen LogP contribution in [0.15, 0.2) is 79.6 Å². The van der Waals surface area contributed by atoms with E-state index in [1.54, 1.807) is 48.8 Å². The third kappa shape index (κ3) is 6.49. The lowest BCUT2D eigenvalue weighted by Gasteiger charge is -2.31. The van der Waals surface area contributed by atoms with E-state index < -0.39 is 11.9 Å². The molecule has 1 heterocycles. The molecule has 0 aliphatic carbocycles. The van der Waals surface area contributed by atoms with E-state index in [2.05, 4.69) is 16.9 Å². The highest BCUT2D eigenvalue weighted by atomic mass is 35.5. The van der Waals surface area contributed by atoms with Gasteiger partial charge in [0.2, 0.25) is 11.8 Å². The molecule has 0 aliphatic rings. The van der Waals surface area contributed by atoms with E-state index in [1.165, 1.54) is 23.1 Å². The second-order valence-electron chi connectivity index (χ2n) is 7.61. The topological polar surface area (TPSA) is 62.3 Å². The Kier molecular flexibility index (Phi) is 8.33. The minimum absolute atomic E-state index is 0.154. The summed E-state index contributed by atoms with van der Waals surface area (Å²) in [5.74, 6) is -1.09. The Labute approximate surface area is 197 Å². The largest absolute Gasteiger partial charge is 0.354 e. The predicted molar refractivity (Wildman–Crippen MR) is 127 cm³/mol.